The van der Waals surface area contributed by atoms with Gasteiger partial charge in [0.25, 0.3) is 5.56 Å². The molecule has 0 unspecified atom stereocenters. The number of aromatic amines is 1. The molecule has 1 heterocycles. The molecule has 3 rings (SSSR count). The molecule has 122 valence electrons. The zero-order valence-corrected chi connectivity index (χ0v) is 14.1. The molecular formula is C17H13Cl2N3O2. The van der Waals surface area contributed by atoms with Gasteiger partial charge in [-0.3, -0.25) is 14.9 Å². The topological polar surface area (TPSA) is 70.4 Å². The molecule has 3 aromatic rings. The molecular weight excluding hydrogens is 349 g/mol. The number of halogens is 2. The average Bonchev–Trinajstić information content (AvgIpc) is 2.84. The Morgan fingerprint density at radius 2 is 1.79 bits per heavy atom. The van der Waals surface area contributed by atoms with E-state index >= 15 is 0 Å². The molecule has 1 aromatic heterocycles. The summed E-state index contributed by atoms with van der Waals surface area (Å²) in [5.74, 6) is -0.0122. The van der Waals surface area contributed by atoms with Crippen molar-refractivity contribution in [2.24, 2.45) is 4.99 Å². The lowest BCUT2D eigenvalue weighted by molar-refractivity contribution is 0.477. The smallest absolute Gasteiger partial charge is 0.280 e. The van der Waals surface area contributed by atoms with Gasteiger partial charge in [-0.15, -0.1) is 0 Å². The molecule has 24 heavy (non-hydrogen) atoms. The third-order valence-electron chi connectivity index (χ3n) is 3.47. The highest BCUT2D eigenvalue weighted by molar-refractivity contribution is 6.31. The van der Waals surface area contributed by atoms with E-state index in [-0.39, 0.29) is 11.3 Å². The maximum atomic E-state index is 12.6. The van der Waals surface area contributed by atoms with Crippen molar-refractivity contribution in [2.75, 3.05) is 0 Å². The third-order valence-corrected chi connectivity index (χ3v) is 3.96. The van der Waals surface area contributed by atoms with Gasteiger partial charge >= 0.3 is 0 Å². The summed E-state index contributed by atoms with van der Waals surface area (Å²) in [5.41, 5.74) is 1.75. The number of hydrogen-bond acceptors (Lipinski definition) is 3. The standard InChI is InChI=1S/C17H13Cl2N3O2/c1-10-14(9-20-15-8-12(19)4-7-16(15)23)17(24)22(21-10)13-5-2-11(18)3-6-13/h2-9,21,23H,1H3. The summed E-state index contributed by atoms with van der Waals surface area (Å²) in [6.45, 7) is 1.77. The Bertz CT molecular complexity index is 972. The molecule has 0 atom stereocenters. The van der Waals surface area contributed by atoms with Crippen LogP contribution in [0.4, 0.5) is 5.69 Å². The van der Waals surface area contributed by atoms with Crippen LogP contribution in [0, 0.1) is 6.92 Å². The number of aryl methyl sites for hydroxylation is 1. The second kappa shape index (κ2) is 6.55. The third kappa shape index (κ3) is 3.22. The molecule has 0 radical (unpaired) electrons. The number of nitrogens with one attached hydrogen (secondary N) is 1. The first kappa shape index (κ1) is 16.4. The van der Waals surface area contributed by atoms with Crippen LogP contribution >= 0.6 is 23.2 Å². The first-order valence-electron chi connectivity index (χ1n) is 7.06. The molecule has 0 spiro atoms. The fraction of sp³-hybridized carbons (Fsp3) is 0.0588. The van der Waals surface area contributed by atoms with Crippen molar-refractivity contribution in [3.63, 3.8) is 0 Å². The quantitative estimate of drug-likeness (QED) is 0.685. The summed E-state index contributed by atoms with van der Waals surface area (Å²) in [6.07, 6.45) is 1.41. The lowest BCUT2D eigenvalue weighted by Gasteiger charge is -2.00. The normalized spacial score (nSPS) is 11.3. The molecule has 0 aliphatic carbocycles. The number of aromatic hydroxyl groups is 1. The number of phenols is 1. The van der Waals surface area contributed by atoms with Gasteiger partial charge in [-0.1, -0.05) is 23.2 Å². The predicted octanol–water partition coefficient (Wildman–Crippen LogP) is 4.24. The van der Waals surface area contributed by atoms with Gasteiger partial charge in [-0.25, -0.2) is 4.68 Å². The minimum atomic E-state index is -0.250. The van der Waals surface area contributed by atoms with E-state index in [1.807, 2.05) is 0 Å². The van der Waals surface area contributed by atoms with Crippen molar-refractivity contribution in [1.82, 2.24) is 9.78 Å². The Kier molecular flexibility index (Phi) is 4.46. The Morgan fingerprint density at radius 3 is 2.50 bits per heavy atom. The van der Waals surface area contributed by atoms with Crippen molar-refractivity contribution < 1.29 is 5.11 Å². The van der Waals surface area contributed by atoms with Crippen LogP contribution in [0.5, 0.6) is 5.75 Å². The summed E-state index contributed by atoms with van der Waals surface area (Å²) in [7, 11) is 0. The highest BCUT2D eigenvalue weighted by Gasteiger charge is 2.11. The molecule has 0 saturated carbocycles. The molecule has 0 aliphatic heterocycles. The van der Waals surface area contributed by atoms with E-state index in [1.54, 1.807) is 37.3 Å². The van der Waals surface area contributed by atoms with E-state index in [9.17, 15) is 9.90 Å². The summed E-state index contributed by atoms with van der Waals surface area (Å²) < 4.78 is 1.41. The number of benzene rings is 2. The molecule has 0 fully saturated rings. The molecule has 2 N–H and O–H groups in total. The zero-order valence-electron chi connectivity index (χ0n) is 12.6. The molecule has 0 aliphatic rings. The Balaban J connectivity index is 2.01. The van der Waals surface area contributed by atoms with Crippen LogP contribution < -0.4 is 5.56 Å². The van der Waals surface area contributed by atoms with E-state index in [2.05, 4.69) is 10.1 Å². The van der Waals surface area contributed by atoms with Gasteiger partial charge in [0.15, 0.2) is 0 Å². The zero-order chi connectivity index (χ0) is 17.3. The number of nitrogens with zero attached hydrogens (tertiary/aromatic N) is 2. The van der Waals surface area contributed by atoms with Gasteiger partial charge in [0.05, 0.1) is 11.3 Å². The molecule has 2 aromatic carbocycles. The van der Waals surface area contributed by atoms with Crippen molar-refractivity contribution in [3.8, 4) is 11.4 Å². The van der Waals surface area contributed by atoms with Gasteiger partial charge in [-0.2, -0.15) is 0 Å². The summed E-state index contributed by atoms with van der Waals surface area (Å²) in [6, 6.07) is 11.4. The summed E-state index contributed by atoms with van der Waals surface area (Å²) in [4.78, 5) is 16.7. The maximum Gasteiger partial charge on any atom is 0.280 e. The molecule has 5 nitrogen and oxygen atoms in total. The number of aromatic nitrogens is 2. The number of rotatable bonds is 3. The fourth-order valence-electron chi connectivity index (χ4n) is 2.22. The first-order valence-corrected chi connectivity index (χ1v) is 7.81. The minimum Gasteiger partial charge on any atom is -0.506 e. The molecule has 0 saturated heterocycles. The predicted molar refractivity (Wildman–Crippen MR) is 96.5 cm³/mol. The first-order chi connectivity index (χ1) is 11.5. The Morgan fingerprint density at radius 1 is 1.12 bits per heavy atom. The fourth-order valence-corrected chi connectivity index (χ4v) is 2.51. The largest absolute Gasteiger partial charge is 0.506 e. The average molecular weight is 362 g/mol. The summed E-state index contributed by atoms with van der Waals surface area (Å²) in [5, 5.41) is 13.8. The number of aliphatic imine (C=N–C) groups is 1. The maximum absolute atomic E-state index is 12.6. The lowest BCUT2D eigenvalue weighted by Crippen LogP contribution is -2.17. The second-order valence-electron chi connectivity index (χ2n) is 5.16. The van der Waals surface area contributed by atoms with Gasteiger partial charge in [-0.05, 0) is 49.4 Å². The lowest BCUT2D eigenvalue weighted by atomic mass is 10.2. The van der Waals surface area contributed by atoms with Crippen molar-refractivity contribution >= 4 is 35.1 Å². The van der Waals surface area contributed by atoms with E-state index in [0.717, 1.165) is 0 Å². The van der Waals surface area contributed by atoms with Crippen molar-refractivity contribution in [3.05, 3.63) is 74.1 Å². The van der Waals surface area contributed by atoms with Crippen LogP contribution in [-0.4, -0.2) is 21.1 Å². The SMILES string of the molecule is Cc1[nH]n(-c2ccc(Cl)cc2)c(=O)c1C=Nc1cc(Cl)ccc1O. The van der Waals surface area contributed by atoms with Crippen LogP contribution in [0.25, 0.3) is 5.69 Å². The van der Waals surface area contributed by atoms with Crippen molar-refractivity contribution in [2.45, 2.75) is 6.92 Å². The van der Waals surface area contributed by atoms with Gasteiger partial charge in [0, 0.05) is 22.0 Å². The Labute approximate surface area is 147 Å². The van der Waals surface area contributed by atoms with Crippen LogP contribution in [0.15, 0.2) is 52.3 Å². The van der Waals surface area contributed by atoms with Crippen LogP contribution in [-0.2, 0) is 0 Å². The second-order valence-corrected chi connectivity index (χ2v) is 6.03. The molecule has 0 amide bonds. The monoisotopic (exact) mass is 361 g/mol. The van der Waals surface area contributed by atoms with E-state index in [4.69, 9.17) is 23.2 Å². The van der Waals surface area contributed by atoms with Crippen molar-refractivity contribution in [1.29, 1.82) is 0 Å². The number of hydrogen-bond donors (Lipinski definition) is 2. The highest BCUT2D eigenvalue weighted by atomic mass is 35.5. The van der Waals surface area contributed by atoms with E-state index < -0.39 is 0 Å². The molecule has 0 bridgehead atoms. The number of phenolic OH excluding ortho intramolecular Hbond substituents is 1. The van der Waals surface area contributed by atoms with Gasteiger partial charge < -0.3 is 5.11 Å². The van der Waals surface area contributed by atoms with E-state index in [0.29, 0.717) is 32.7 Å². The van der Waals surface area contributed by atoms with Crippen LogP contribution in [0.1, 0.15) is 11.3 Å². The molecule has 7 heteroatoms. The Hall–Kier alpha value is -2.50. The minimum absolute atomic E-state index is 0.0122. The van der Waals surface area contributed by atoms with Gasteiger partial charge in [0.2, 0.25) is 0 Å². The van der Waals surface area contributed by atoms with E-state index in [1.165, 1.54) is 23.0 Å². The highest BCUT2D eigenvalue weighted by Crippen LogP contribution is 2.29. The van der Waals surface area contributed by atoms with Crippen LogP contribution in [0.3, 0.4) is 0 Å². The van der Waals surface area contributed by atoms with Gasteiger partial charge in [0.1, 0.15) is 11.4 Å². The van der Waals surface area contributed by atoms with Crippen LogP contribution in [0.2, 0.25) is 10.0 Å². The summed E-state index contributed by atoms with van der Waals surface area (Å²) >= 11 is 11.8. The number of H-pyrrole nitrogens is 1.